The average Bonchev–Trinajstić information content (AvgIpc) is 3.44. The van der Waals surface area contributed by atoms with Crippen molar-refractivity contribution in [1.82, 2.24) is 15.2 Å². The molecule has 4 rings (SSSR count). The number of rotatable bonds is 0. The predicted molar refractivity (Wildman–Crippen MR) is 157 cm³/mol. The second-order valence-corrected chi connectivity index (χ2v) is 16.9. The van der Waals surface area contributed by atoms with E-state index < -0.39 is 0 Å². The van der Waals surface area contributed by atoms with Gasteiger partial charge in [-0.3, -0.25) is 0 Å². The van der Waals surface area contributed by atoms with Gasteiger partial charge >= 0.3 is 0 Å². The zero-order chi connectivity index (χ0) is 28.2. The molecule has 0 bridgehead atoms. The van der Waals surface area contributed by atoms with Crippen molar-refractivity contribution in [3.8, 4) is 0 Å². The van der Waals surface area contributed by atoms with Gasteiger partial charge in [0.2, 0.25) is 0 Å². The van der Waals surface area contributed by atoms with Crippen molar-refractivity contribution in [3.05, 3.63) is 12.2 Å². The fourth-order valence-electron chi connectivity index (χ4n) is 5.21. The quantitative estimate of drug-likeness (QED) is 0.208. The van der Waals surface area contributed by atoms with Crippen LogP contribution in [-0.2, 0) is 0 Å². The molecule has 3 N–H and O–H groups in total. The van der Waals surface area contributed by atoms with Crippen molar-refractivity contribution in [2.75, 3.05) is 11.5 Å². The maximum Gasteiger partial charge on any atom is 0.0593 e. The zero-order valence-electron chi connectivity index (χ0n) is 25.3. The van der Waals surface area contributed by atoms with Gasteiger partial charge in [0.05, 0.1) is 11.1 Å². The van der Waals surface area contributed by atoms with Crippen LogP contribution in [0.3, 0.4) is 0 Å². The molecule has 0 spiro atoms. The van der Waals surface area contributed by atoms with E-state index in [9.17, 15) is 15.6 Å². The molecule has 0 unspecified atom stereocenters. The second-order valence-electron chi connectivity index (χ2n) is 14.2. The van der Waals surface area contributed by atoms with Crippen LogP contribution < -0.4 is 0 Å². The Hall–Kier alpha value is 0.200. The van der Waals surface area contributed by atoms with Crippen LogP contribution in [0.1, 0.15) is 122 Å². The number of hydrogen-bond donors (Lipinski definition) is 3. The van der Waals surface area contributed by atoms with E-state index in [0.29, 0.717) is 0 Å². The first-order valence-electron chi connectivity index (χ1n) is 13.5. The smallest absolute Gasteiger partial charge is 0.0593 e. The molecule has 4 heterocycles. The van der Waals surface area contributed by atoms with E-state index in [2.05, 4.69) is 55.4 Å². The van der Waals surface area contributed by atoms with E-state index in [1.165, 1.54) is 39.5 Å². The molecule has 3 saturated heterocycles. The molecule has 0 aromatic carbocycles. The highest BCUT2D eigenvalue weighted by atomic mass is 33.1. The SMILES string of the molecule is C1CSSC1.CC1(C)C=CC(C)(C)N1O.CC1(C)CCC(C)(C)N1O.CC1(C)CCCC(C)(C)N1O. The molecule has 36 heavy (non-hydrogen) atoms. The van der Waals surface area contributed by atoms with Crippen molar-refractivity contribution in [2.45, 2.75) is 155 Å². The number of nitrogens with zero attached hydrogens (tertiary/aromatic N) is 3. The summed E-state index contributed by atoms with van der Waals surface area (Å²) in [5.74, 6) is 2.76. The Morgan fingerprint density at radius 3 is 0.944 bits per heavy atom. The summed E-state index contributed by atoms with van der Waals surface area (Å²) < 4.78 is 0. The van der Waals surface area contributed by atoms with E-state index in [-0.39, 0.29) is 33.2 Å². The van der Waals surface area contributed by atoms with E-state index in [1.807, 2.05) is 61.4 Å². The number of piperidine rings is 1. The number of hydrogen-bond acceptors (Lipinski definition) is 8. The first-order valence-corrected chi connectivity index (χ1v) is 16.0. The van der Waals surface area contributed by atoms with E-state index in [1.54, 1.807) is 0 Å². The Labute approximate surface area is 230 Å². The van der Waals surface area contributed by atoms with Crippen molar-refractivity contribution >= 4 is 21.6 Å². The molecular formula is C28H57N3O3S2. The fourth-order valence-corrected chi connectivity index (χ4v) is 7.57. The van der Waals surface area contributed by atoms with Gasteiger partial charge < -0.3 is 15.6 Å². The molecule has 8 heteroatoms. The summed E-state index contributed by atoms with van der Waals surface area (Å²) in [6.45, 7) is 24.6. The third kappa shape index (κ3) is 9.44. The fraction of sp³-hybridized carbons (Fsp3) is 0.929. The molecule has 4 aliphatic heterocycles. The summed E-state index contributed by atoms with van der Waals surface area (Å²) in [6.07, 6.45) is 11.0. The average molecular weight is 548 g/mol. The highest BCUT2D eigenvalue weighted by Crippen LogP contribution is 2.38. The Kier molecular flexibility index (Phi) is 12.0. The monoisotopic (exact) mass is 547 g/mol. The van der Waals surface area contributed by atoms with Gasteiger partial charge in [-0.25, -0.2) is 0 Å². The van der Waals surface area contributed by atoms with Gasteiger partial charge in [0, 0.05) is 33.7 Å². The van der Waals surface area contributed by atoms with Crippen LogP contribution >= 0.6 is 21.6 Å². The minimum absolute atomic E-state index is 0.0243. The van der Waals surface area contributed by atoms with E-state index in [4.69, 9.17) is 0 Å². The first-order chi connectivity index (χ1) is 16.1. The molecule has 0 amide bonds. The van der Waals surface area contributed by atoms with Crippen molar-refractivity contribution < 1.29 is 15.6 Å². The predicted octanol–water partition coefficient (Wildman–Crippen LogP) is 8.02. The second kappa shape index (κ2) is 12.6. The molecule has 3 fully saturated rings. The lowest BCUT2D eigenvalue weighted by Crippen LogP contribution is -2.56. The van der Waals surface area contributed by atoms with Gasteiger partial charge in [-0.1, -0.05) is 33.7 Å². The normalized spacial score (nSPS) is 29.3. The van der Waals surface area contributed by atoms with Crippen molar-refractivity contribution in [2.24, 2.45) is 0 Å². The van der Waals surface area contributed by atoms with Crippen LogP contribution in [0.15, 0.2) is 12.2 Å². The summed E-state index contributed by atoms with van der Waals surface area (Å²) >= 11 is 0. The Balaban J connectivity index is 0.000000247. The van der Waals surface area contributed by atoms with Gasteiger partial charge in [0.1, 0.15) is 0 Å². The van der Waals surface area contributed by atoms with Gasteiger partial charge in [-0.15, -0.1) is 0 Å². The minimum atomic E-state index is -0.205. The zero-order valence-corrected chi connectivity index (χ0v) is 26.9. The summed E-state index contributed by atoms with van der Waals surface area (Å²) in [5, 5.41) is 33.4. The molecule has 0 aliphatic carbocycles. The van der Waals surface area contributed by atoms with Gasteiger partial charge in [-0.2, -0.15) is 15.2 Å². The maximum atomic E-state index is 9.80. The molecule has 0 saturated carbocycles. The van der Waals surface area contributed by atoms with Gasteiger partial charge in [0.15, 0.2) is 0 Å². The Morgan fingerprint density at radius 2 is 0.778 bits per heavy atom. The third-order valence-electron chi connectivity index (χ3n) is 7.75. The van der Waals surface area contributed by atoms with Crippen LogP contribution in [0.5, 0.6) is 0 Å². The van der Waals surface area contributed by atoms with Gasteiger partial charge in [0.25, 0.3) is 0 Å². The summed E-state index contributed by atoms with van der Waals surface area (Å²) in [5.41, 5.74) is -0.538. The molecule has 6 nitrogen and oxygen atoms in total. The molecule has 0 aromatic heterocycles. The maximum absolute atomic E-state index is 9.80. The lowest BCUT2D eigenvalue weighted by atomic mass is 9.82. The summed E-state index contributed by atoms with van der Waals surface area (Å²) in [6, 6.07) is 0. The highest BCUT2D eigenvalue weighted by Gasteiger charge is 2.44. The van der Waals surface area contributed by atoms with Gasteiger partial charge in [-0.05, 0) is 122 Å². The molecule has 214 valence electrons. The summed E-state index contributed by atoms with van der Waals surface area (Å²) in [4.78, 5) is 0. The van der Waals surface area contributed by atoms with Crippen LogP contribution in [-0.4, -0.2) is 75.6 Å². The number of hydroxylamine groups is 6. The van der Waals surface area contributed by atoms with Crippen molar-refractivity contribution in [3.63, 3.8) is 0 Å². The molecule has 4 aliphatic rings. The lowest BCUT2D eigenvalue weighted by molar-refractivity contribution is -0.241. The minimum Gasteiger partial charge on any atom is -0.313 e. The largest absolute Gasteiger partial charge is 0.313 e. The van der Waals surface area contributed by atoms with Crippen LogP contribution in [0.2, 0.25) is 0 Å². The molecule has 0 radical (unpaired) electrons. The topological polar surface area (TPSA) is 70.4 Å². The Bertz CT molecular complexity index is 659. The van der Waals surface area contributed by atoms with Crippen molar-refractivity contribution in [1.29, 1.82) is 0 Å². The Morgan fingerprint density at radius 1 is 0.472 bits per heavy atom. The first kappa shape index (κ1) is 34.2. The van der Waals surface area contributed by atoms with Crippen LogP contribution in [0.25, 0.3) is 0 Å². The summed E-state index contributed by atoms with van der Waals surface area (Å²) in [7, 11) is 3.98. The lowest BCUT2D eigenvalue weighted by Gasteiger charge is -2.48. The molecular weight excluding hydrogens is 490 g/mol. The van der Waals surface area contributed by atoms with E-state index in [0.717, 1.165) is 25.7 Å². The standard InChI is InChI=1S/C9H19NO.C8H17NO.C8H15NO.C3H6S2/c1-8(2)6-5-7-9(3,4)10(8)11;2*1-7(2)5-6-8(3,4)9(7)10;1-2-4-5-3-1/h11H,5-7H2,1-4H3;10H,5-6H2,1-4H3;5-6,10H,1-4H3;1-3H2. The van der Waals surface area contributed by atoms with Crippen LogP contribution in [0.4, 0.5) is 0 Å². The molecule has 0 atom stereocenters. The van der Waals surface area contributed by atoms with Crippen LogP contribution in [0, 0.1) is 0 Å². The molecule has 0 aromatic rings. The highest BCUT2D eigenvalue weighted by molar-refractivity contribution is 8.77. The van der Waals surface area contributed by atoms with E-state index >= 15 is 0 Å². The third-order valence-corrected chi connectivity index (χ3v) is 10.3.